The highest BCUT2D eigenvalue weighted by atomic mass is 16.4. The second kappa shape index (κ2) is 12.3. The lowest BCUT2D eigenvalue weighted by Crippen LogP contribution is -2.58. The summed E-state index contributed by atoms with van der Waals surface area (Å²) in [6.07, 6.45) is -1.97. The first kappa shape index (κ1) is 26.7. The number of aliphatic hydroxyl groups is 1. The Morgan fingerprint density at radius 3 is 1.53 bits per heavy atom. The van der Waals surface area contributed by atoms with E-state index in [9.17, 15) is 33.9 Å². The van der Waals surface area contributed by atoms with Gasteiger partial charge in [-0.3, -0.25) is 24.0 Å². The van der Waals surface area contributed by atoms with E-state index < -0.39 is 79.2 Å². The van der Waals surface area contributed by atoms with Crippen molar-refractivity contribution in [2.24, 2.45) is 11.7 Å². The van der Waals surface area contributed by atoms with Crippen molar-refractivity contribution >= 4 is 35.6 Å². The molecule has 0 aliphatic carbocycles. The third-order valence-electron chi connectivity index (χ3n) is 3.84. The number of nitrogens with two attached hydrogens (primary N) is 1. The van der Waals surface area contributed by atoms with Crippen molar-refractivity contribution in [3.05, 3.63) is 0 Å². The quantitative estimate of drug-likeness (QED) is 0.141. The Kier molecular flexibility index (Phi) is 11.0. The van der Waals surface area contributed by atoms with Gasteiger partial charge in [-0.25, -0.2) is 4.79 Å². The molecule has 0 radical (unpaired) electrons. The van der Waals surface area contributed by atoms with E-state index in [4.69, 9.17) is 21.1 Å². The van der Waals surface area contributed by atoms with Gasteiger partial charge in [0.25, 0.3) is 0 Å². The predicted octanol–water partition coefficient (Wildman–Crippen LogP) is -3.55. The lowest BCUT2D eigenvalue weighted by Gasteiger charge is -2.24. The van der Waals surface area contributed by atoms with Crippen molar-refractivity contribution in [1.29, 1.82) is 0 Å². The van der Waals surface area contributed by atoms with E-state index in [0.717, 1.165) is 0 Å². The Labute approximate surface area is 170 Å². The van der Waals surface area contributed by atoms with Crippen LogP contribution in [-0.4, -0.2) is 86.8 Å². The molecule has 4 atom stereocenters. The first-order chi connectivity index (χ1) is 13.8. The molecular formula is C16H26N4O10. The van der Waals surface area contributed by atoms with Gasteiger partial charge in [0, 0.05) is 0 Å². The van der Waals surface area contributed by atoms with Gasteiger partial charge in [-0.1, -0.05) is 13.8 Å². The first-order valence-electron chi connectivity index (χ1n) is 8.74. The van der Waals surface area contributed by atoms with Crippen LogP contribution in [0.25, 0.3) is 0 Å². The Morgan fingerprint density at radius 1 is 0.733 bits per heavy atom. The summed E-state index contributed by atoms with van der Waals surface area (Å²) in [4.78, 5) is 69.2. The van der Waals surface area contributed by atoms with Crippen LogP contribution in [0, 0.1) is 5.92 Å². The zero-order chi connectivity index (χ0) is 23.6. The fourth-order valence-corrected chi connectivity index (χ4v) is 2.07. The molecule has 0 saturated carbocycles. The van der Waals surface area contributed by atoms with E-state index in [1.165, 1.54) is 0 Å². The molecule has 0 aliphatic heterocycles. The minimum Gasteiger partial charge on any atom is -0.481 e. The van der Waals surface area contributed by atoms with Crippen LogP contribution in [-0.2, 0) is 28.8 Å². The summed E-state index contributed by atoms with van der Waals surface area (Å²) >= 11 is 0. The van der Waals surface area contributed by atoms with Gasteiger partial charge in [0.1, 0.15) is 18.1 Å². The molecule has 0 aromatic heterocycles. The van der Waals surface area contributed by atoms with E-state index >= 15 is 0 Å². The molecule has 14 nitrogen and oxygen atoms in total. The summed E-state index contributed by atoms with van der Waals surface area (Å²) in [7, 11) is 0. The molecular weight excluding hydrogens is 408 g/mol. The third kappa shape index (κ3) is 9.29. The molecule has 0 aromatic carbocycles. The minimum absolute atomic E-state index is 0.292. The maximum atomic E-state index is 12.3. The number of carboxylic acid groups (broad SMARTS) is 3. The summed E-state index contributed by atoms with van der Waals surface area (Å²) in [5, 5.41) is 41.9. The maximum Gasteiger partial charge on any atom is 0.326 e. The number of carbonyl (C=O) groups is 6. The van der Waals surface area contributed by atoms with E-state index in [-0.39, 0.29) is 5.92 Å². The van der Waals surface area contributed by atoms with Gasteiger partial charge in [-0.2, -0.15) is 0 Å². The molecule has 0 bridgehead atoms. The van der Waals surface area contributed by atoms with Gasteiger partial charge in [0.2, 0.25) is 17.7 Å². The van der Waals surface area contributed by atoms with Crippen LogP contribution in [0.2, 0.25) is 0 Å². The largest absolute Gasteiger partial charge is 0.481 e. The Hall–Kier alpha value is -3.26. The monoisotopic (exact) mass is 434 g/mol. The Bertz CT molecular complexity index is 681. The van der Waals surface area contributed by atoms with Crippen molar-refractivity contribution in [3.63, 3.8) is 0 Å². The first-order valence-corrected chi connectivity index (χ1v) is 8.74. The molecule has 0 aliphatic rings. The van der Waals surface area contributed by atoms with Gasteiger partial charge < -0.3 is 42.1 Å². The van der Waals surface area contributed by atoms with E-state index in [2.05, 4.69) is 5.32 Å². The molecule has 4 unspecified atom stereocenters. The molecule has 3 amide bonds. The summed E-state index contributed by atoms with van der Waals surface area (Å²) in [6.45, 7) is 2.38. The molecule has 0 rings (SSSR count). The van der Waals surface area contributed by atoms with E-state index in [1.54, 1.807) is 13.8 Å². The molecule has 30 heavy (non-hydrogen) atoms. The minimum atomic E-state index is -1.87. The zero-order valence-corrected chi connectivity index (χ0v) is 16.3. The molecule has 9 N–H and O–H groups in total. The van der Waals surface area contributed by atoms with Crippen molar-refractivity contribution in [3.8, 4) is 0 Å². The van der Waals surface area contributed by atoms with Crippen LogP contribution in [0.4, 0.5) is 0 Å². The van der Waals surface area contributed by atoms with Crippen LogP contribution in [0.1, 0.15) is 26.7 Å². The van der Waals surface area contributed by atoms with Gasteiger partial charge in [0.05, 0.1) is 25.5 Å². The normalized spacial score (nSPS) is 14.7. The molecule has 14 heteroatoms. The van der Waals surface area contributed by atoms with Gasteiger partial charge in [0.15, 0.2) is 0 Å². The number of carbonyl (C=O) groups excluding carboxylic acids is 3. The number of rotatable bonds is 13. The van der Waals surface area contributed by atoms with E-state index in [1.807, 2.05) is 10.6 Å². The molecule has 0 spiro atoms. The molecule has 170 valence electrons. The number of hydrogen-bond donors (Lipinski definition) is 8. The Morgan fingerprint density at radius 2 is 1.13 bits per heavy atom. The molecule has 0 fully saturated rings. The summed E-state index contributed by atoms with van der Waals surface area (Å²) in [5.74, 6) is -8.23. The highest BCUT2D eigenvalue weighted by Crippen LogP contribution is 2.01. The van der Waals surface area contributed by atoms with Crippen LogP contribution >= 0.6 is 0 Å². The lowest BCUT2D eigenvalue weighted by molar-refractivity contribution is -0.148. The van der Waals surface area contributed by atoms with Gasteiger partial charge in [-0.05, 0) is 5.92 Å². The van der Waals surface area contributed by atoms with Gasteiger partial charge >= 0.3 is 17.9 Å². The van der Waals surface area contributed by atoms with Crippen molar-refractivity contribution in [1.82, 2.24) is 16.0 Å². The summed E-state index contributed by atoms with van der Waals surface area (Å²) in [6, 6.07) is -6.26. The van der Waals surface area contributed by atoms with Crippen LogP contribution < -0.4 is 21.7 Å². The molecule has 0 aromatic rings. The molecule has 0 heterocycles. The van der Waals surface area contributed by atoms with Crippen molar-refractivity contribution in [2.45, 2.75) is 50.9 Å². The summed E-state index contributed by atoms with van der Waals surface area (Å²) < 4.78 is 0. The number of hydrogen-bond acceptors (Lipinski definition) is 8. The highest BCUT2D eigenvalue weighted by Gasteiger charge is 2.32. The van der Waals surface area contributed by atoms with Crippen molar-refractivity contribution in [2.75, 3.05) is 6.61 Å². The van der Waals surface area contributed by atoms with Crippen LogP contribution in [0.15, 0.2) is 0 Å². The fraction of sp³-hybridized carbons (Fsp3) is 0.625. The average Bonchev–Trinajstić information content (AvgIpc) is 2.62. The average molecular weight is 434 g/mol. The smallest absolute Gasteiger partial charge is 0.326 e. The second-order valence-electron chi connectivity index (χ2n) is 6.67. The highest BCUT2D eigenvalue weighted by molar-refractivity contribution is 5.96. The SMILES string of the molecule is CC(C)C(N)C(=O)NC(CO)C(=O)NC(CC(=O)O)C(=O)NC(CC(=O)O)C(=O)O. The van der Waals surface area contributed by atoms with Crippen LogP contribution in [0.5, 0.6) is 0 Å². The molecule has 0 saturated heterocycles. The fourth-order valence-electron chi connectivity index (χ4n) is 2.07. The predicted molar refractivity (Wildman–Crippen MR) is 97.8 cm³/mol. The van der Waals surface area contributed by atoms with Gasteiger partial charge in [-0.15, -0.1) is 0 Å². The number of amides is 3. The second-order valence-corrected chi connectivity index (χ2v) is 6.67. The topological polar surface area (TPSA) is 245 Å². The van der Waals surface area contributed by atoms with Crippen molar-refractivity contribution < 1.29 is 49.2 Å². The standard InChI is InChI=1S/C16H26N4O10/c1-6(2)12(17)15(28)20-9(5-21)14(27)18-7(3-10(22)23)13(26)19-8(16(29)30)4-11(24)25/h6-9,12,21H,3-5,17H2,1-2H3,(H,18,27)(H,19,26)(H,20,28)(H,22,23)(H,24,25)(H,29,30). The zero-order valence-electron chi connectivity index (χ0n) is 16.3. The number of aliphatic carboxylic acids is 3. The van der Waals surface area contributed by atoms with E-state index in [0.29, 0.717) is 0 Å². The third-order valence-corrected chi connectivity index (χ3v) is 3.84. The number of aliphatic hydroxyl groups excluding tert-OH is 1. The number of carboxylic acids is 3. The Balaban J connectivity index is 5.33. The number of nitrogens with one attached hydrogen (secondary N) is 3. The van der Waals surface area contributed by atoms with Crippen LogP contribution in [0.3, 0.4) is 0 Å². The summed E-state index contributed by atoms with van der Waals surface area (Å²) in [5.41, 5.74) is 5.63. The lowest BCUT2D eigenvalue weighted by atomic mass is 10.0. The maximum absolute atomic E-state index is 12.3.